The predicted molar refractivity (Wildman–Crippen MR) is 63.6 cm³/mol. The number of morpholine rings is 1. The molecule has 0 amide bonds. The number of ether oxygens (including phenoxy) is 1. The summed E-state index contributed by atoms with van der Waals surface area (Å²) in [4.78, 5) is 2.42. The number of anilines is 1. The van der Waals surface area contributed by atoms with Crippen molar-refractivity contribution in [1.82, 2.24) is 14.7 Å². The van der Waals surface area contributed by atoms with Crippen molar-refractivity contribution in [1.29, 1.82) is 0 Å². The molecule has 0 aromatic carbocycles. The summed E-state index contributed by atoms with van der Waals surface area (Å²) in [6, 6.07) is 0. The second-order valence-electron chi connectivity index (χ2n) is 4.17. The van der Waals surface area contributed by atoms with Crippen LogP contribution < -0.4 is 5.32 Å². The molecule has 5 heteroatoms. The first kappa shape index (κ1) is 11.4. The lowest BCUT2D eigenvalue weighted by molar-refractivity contribution is -0.0191. The molecule has 1 aliphatic rings. The summed E-state index contributed by atoms with van der Waals surface area (Å²) in [6.07, 6.45) is 4.09. The maximum absolute atomic E-state index is 5.71. The molecular weight excluding hydrogens is 204 g/mol. The molecular formula is C11H20N4O. The van der Waals surface area contributed by atoms with Gasteiger partial charge in [-0.25, -0.2) is 0 Å². The lowest BCUT2D eigenvalue weighted by Gasteiger charge is -2.32. The van der Waals surface area contributed by atoms with Crippen molar-refractivity contribution in [2.24, 2.45) is 7.05 Å². The Morgan fingerprint density at radius 3 is 3.19 bits per heavy atom. The molecule has 1 N–H and O–H groups in total. The molecule has 1 unspecified atom stereocenters. The third-order valence-electron chi connectivity index (χ3n) is 2.91. The van der Waals surface area contributed by atoms with Gasteiger partial charge in [0.1, 0.15) is 0 Å². The van der Waals surface area contributed by atoms with Gasteiger partial charge < -0.3 is 10.1 Å². The number of rotatable bonds is 4. The summed E-state index contributed by atoms with van der Waals surface area (Å²) in [5, 5.41) is 7.46. The summed E-state index contributed by atoms with van der Waals surface area (Å²) in [7, 11) is 1.92. The Labute approximate surface area is 96.4 Å². The molecule has 1 aromatic rings. The molecule has 1 atom stereocenters. The fourth-order valence-corrected chi connectivity index (χ4v) is 1.94. The molecule has 0 spiro atoms. The summed E-state index contributed by atoms with van der Waals surface area (Å²) >= 11 is 0. The summed E-state index contributed by atoms with van der Waals surface area (Å²) in [6.45, 7) is 7.06. The summed E-state index contributed by atoms with van der Waals surface area (Å²) in [5.74, 6) is 0. The third kappa shape index (κ3) is 2.96. The quantitative estimate of drug-likeness (QED) is 0.811. The molecule has 1 aromatic heterocycles. The van der Waals surface area contributed by atoms with E-state index in [9.17, 15) is 0 Å². The Bertz CT molecular complexity index is 326. The van der Waals surface area contributed by atoms with Crippen molar-refractivity contribution >= 4 is 5.69 Å². The van der Waals surface area contributed by atoms with Gasteiger partial charge in [-0.15, -0.1) is 0 Å². The smallest absolute Gasteiger partial charge is 0.0874 e. The zero-order chi connectivity index (χ0) is 11.4. The SMILES string of the molecule is CCN1CCOC(CNc2cnn(C)c2)C1. The zero-order valence-corrected chi connectivity index (χ0v) is 10.0. The van der Waals surface area contributed by atoms with Gasteiger partial charge in [-0.2, -0.15) is 5.10 Å². The number of nitrogens with one attached hydrogen (secondary N) is 1. The predicted octanol–water partition coefficient (Wildman–Crippen LogP) is 0.553. The van der Waals surface area contributed by atoms with E-state index in [2.05, 4.69) is 22.2 Å². The zero-order valence-electron chi connectivity index (χ0n) is 10.0. The molecule has 1 aliphatic heterocycles. The van der Waals surface area contributed by atoms with Gasteiger partial charge in [0, 0.05) is 32.9 Å². The molecule has 0 saturated carbocycles. The standard InChI is InChI=1S/C11H20N4O/c1-3-15-4-5-16-11(9-15)7-12-10-6-13-14(2)8-10/h6,8,11-12H,3-5,7,9H2,1-2H3. The van der Waals surface area contributed by atoms with Gasteiger partial charge in [0.05, 0.1) is 24.6 Å². The van der Waals surface area contributed by atoms with Crippen molar-refractivity contribution in [3.8, 4) is 0 Å². The average molecular weight is 224 g/mol. The van der Waals surface area contributed by atoms with E-state index < -0.39 is 0 Å². The second-order valence-corrected chi connectivity index (χ2v) is 4.17. The van der Waals surface area contributed by atoms with Crippen LogP contribution in [0, 0.1) is 0 Å². The van der Waals surface area contributed by atoms with Crippen LogP contribution in [0.5, 0.6) is 0 Å². The minimum Gasteiger partial charge on any atom is -0.380 e. The van der Waals surface area contributed by atoms with E-state index in [-0.39, 0.29) is 6.10 Å². The van der Waals surface area contributed by atoms with Crippen LogP contribution in [0.25, 0.3) is 0 Å². The van der Waals surface area contributed by atoms with Gasteiger partial charge >= 0.3 is 0 Å². The molecule has 1 saturated heterocycles. The van der Waals surface area contributed by atoms with E-state index in [0.29, 0.717) is 0 Å². The van der Waals surface area contributed by atoms with E-state index >= 15 is 0 Å². The Morgan fingerprint density at radius 1 is 1.62 bits per heavy atom. The van der Waals surface area contributed by atoms with Gasteiger partial charge in [0.15, 0.2) is 0 Å². The lowest BCUT2D eigenvalue weighted by atomic mass is 10.2. The number of nitrogens with zero attached hydrogens (tertiary/aromatic N) is 3. The number of hydrogen-bond acceptors (Lipinski definition) is 4. The van der Waals surface area contributed by atoms with Gasteiger partial charge in [-0.3, -0.25) is 9.58 Å². The van der Waals surface area contributed by atoms with E-state index in [1.165, 1.54) is 0 Å². The van der Waals surface area contributed by atoms with Crippen LogP contribution in [0.15, 0.2) is 12.4 Å². The Balaban J connectivity index is 1.77. The van der Waals surface area contributed by atoms with E-state index in [0.717, 1.165) is 38.5 Å². The average Bonchev–Trinajstić information content (AvgIpc) is 2.73. The molecule has 2 rings (SSSR count). The Morgan fingerprint density at radius 2 is 2.50 bits per heavy atom. The third-order valence-corrected chi connectivity index (χ3v) is 2.91. The number of aromatic nitrogens is 2. The highest BCUT2D eigenvalue weighted by molar-refractivity contribution is 5.38. The van der Waals surface area contributed by atoms with Crippen LogP contribution in [-0.2, 0) is 11.8 Å². The first-order valence-electron chi connectivity index (χ1n) is 5.84. The minimum atomic E-state index is 0.286. The lowest BCUT2D eigenvalue weighted by Crippen LogP contribution is -2.45. The van der Waals surface area contributed by atoms with Crippen LogP contribution >= 0.6 is 0 Å². The molecule has 5 nitrogen and oxygen atoms in total. The van der Waals surface area contributed by atoms with Crippen LogP contribution in [0.1, 0.15) is 6.92 Å². The van der Waals surface area contributed by atoms with Crippen molar-refractivity contribution in [2.75, 3.05) is 38.1 Å². The van der Waals surface area contributed by atoms with Gasteiger partial charge in [0.2, 0.25) is 0 Å². The molecule has 0 aliphatic carbocycles. The van der Waals surface area contributed by atoms with Gasteiger partial charge in [-0.1, -0.05) is 6.92 Å². The maximum Gasteiger partial charge on any atom is 0.0874 e. The van der Waals surface area contributed by atoms with E-state index in [1.54, 1.807) is 4.68 Å². The largest absolute Gasteiger partial charge is 0.380 e. The Kier molecular flexibility index (Phi) is 3.79. The van der Waals surface area contributed by atoms with E-state index in [1.807, 2.05) is 19.4 Å². The van der Waals surface area contributed by atoms with Crippen LogP contribution in [0.2, 0.25) is 0 Å². The second kappa shape index (κ2) is 5.32. The highest BCUT2D eigenvalue weighted by Crippen LogP contribution is 2.08. The number of hydrogen-bond donors (Lipinski definition) is 1. The molecule has 16 heavy (non-hydrogen) atoms. The van der Waals surface area contributed by atoms with Crippen molar-refractivity contribution in [2.45, 2.75) is 13.0 Å². The highest BCUT2D eigenvalue weighted by Gasteiger charge is 2.18. The molecule has 90 valence electrons. The van der Waals surface area contributed by atoms with Gasteiger partial charge in [0.25, 0.3) is 0 Å². The monoisotopic (exact) mass is 224 g/mol. The van der Waals surface area contributed by atoms with Crippen molar-refractivity contribution < 1.29 is 4.74 Å². The minimum absolute atomic E-state index is 0.286. The highest BCUT2D eigenvalue weighted by atomic mass is 16.5. The number of likely N-dealkylation sites (N-methyl/N-ethyl adjacent to an activating group) is 1. The molecule has 0 bridgehead atoms. The fourth-order valence-electron chi connectivity index (χ4n) is 1.94. The maximum atomic E-state index is 5.71. The van der Waals surface area contributed by atoms with Crippen LogP contribution in [0.4, 0.5) is 5.69 Å². The first-order chi connectivity index (χ1) is 7.78. The summed E-state index contributed by atoms with van der Waals surface area (Å²) < 4.78 is 7.50. The molecule has 0 radical (unpaired) electrons. The normalized spacial score (nSPS) is 22.2. The topological polar surface area (TPSA) is 42.3 Å². The van der Waals surface area contributed by atoms with Crippen LogP contribution in [-0.4, -0.2) is 53.6 Å². The van der Waals surface area contributed by atoms with Crippen LogP contribution in [0.3, 0.4) is 0 Å². The fraction of sp³-hybridized carbons (Fsp3) is 0.727. The van der Waals surface area contributed by atoms with Gasteiger partial charge in [-0.05, 0) is 6.54 Å². The Hall–Kier alpha value is -1.07. The summed E-state index contributed by atoms with van der Waals surface area (Å²) in [5.41, 5.74) is 1.06. The molecule has 1 fully saturated rings. The van der Waals surface area contributed by atoms with Crippen molar-refractivity contribution in [3.05, 3.63) is 12.4 Å². The molecule has 2 heterocycles. The van der Waals surface area contributed by atoms with Crippen molar-refractivity contribution in [3.63, 3.8) is 0 Å². The first-order valence-corrected chi connectivity index (χ1v) is 5.84. The van der Waals surface area contributed by atoms with E-state index in [4.69, 9.17) is 4.74 Å². The number of aryl methyl sites for hydroxylation is 1.